The molecule has 0 radical (unpaired) electrons. The Morgan fingerprint density at radius 2 is 1.94 bits per heavy atom. The van der Waals surface area contributed by atoms with E-state index in [0.717, 1.165) is 24.1 Å². The van der Waals surface area contributed by atoms with Gasteiger partial charge in [-0.05, 0) is 18.8 Å². The third-order valence-corrected chi connectivity index (χ3v) is 3.73. The van der Waals surface area contributed by atoms with Gasteiger partial charge in [0.05, 0.1) is 11.8 Å². The Morgan fingerprint density at radius 3 is 2.47 bits per heavy atom. The van der Waals surface area contributed by atoms with Crippen LogP contribution in [-0.4, -0.2) is 14.9 Å². The highest BCUT2D eigenvalue weighted by Gasteiger charge is 2.31. The van der Waals surface area contributed by atoms with E-state index in [-0.39, 0.29) is 11.5 Å². The average Bonchev–Trinajstić information content (AvgIpc) is 2.83. The van der Waals surface area contributed by atoms with Gasteiger partial charge < -0.3 is 5.11 Å². The predicted octanol–water partition coefficient (Wildman–Crippen LogP) is 2.94. The Bertz CT molecular complexity index is 383. The van der Waals surface area contributed by atoms with Crippen molar-refractivity contribution in [3.05, 3.63) is 17.5 Å². The maximum atomic E-state index is 10.5. The topological polar surface area (TPSA) is 38.0 Å². The van der Waals surface area contributed by atoms with Crippen LogP contribution in [0.25, 0.3) is 0 Å². The Labute approximate surface area is 104 Å². The number of aryl methyl sites for hydroxylation is 1. The van der Waals surface area contributed by atoms with Gasteiger partial charge in [-0.25, -0.2) is 0 Å². The number of nitrogens with zero attached hydrogens (tertiary/aromatic N) is 2. The molecule has 3 heteroatoms. The van der Waals surface area contributed by atoms with Gasteiger partial charge in [0.2, 0.25) is 0 Å². The molecule has 0 bridgehead atoms. The lowest BCUT2D eigenvalue weighted by Gasteiger charge is -2.23. The molecule has 3 nitrogen and oxygen atoms in total. The molecule has 96 valence electrons. The summed E-state index contributed by atoms with van der Waals surface area (Å²) in [6.07, 6.45) is 6.48. The molecule has 1 saturated carbocycles. The third-order valence-electron chi connectivity index (χ3n) is 3.73. The summed E-state index contributed by atoms with van der Waals surface area (Å²) in [5.74, 6) is 0.431. The first-order valence-electron chi connectivity index (χ1n) is 6.61. The van der Waals surface area contributed by atoms with E-state index < -0.39 is 0 Å². The second-order valence-corrected chi connectivity index (χ2v) is 6.35. The Hall–Kier alpha value is -0.830. The van der Waals surface area contributed by atoms with E-state index in [1.807, 2.05) is 17.9 Å². The van der Waals surface area contributed by atoms with Crippen molar-refractivity contribution >= 4 is 0 Å². The smallest absolute Gasteiger partial charge is 0.0851 e. The molecule has 1 atom stereocenters. The molecule has 1 aromatic rings. The molecule has 17 heavy (non-hydrogen) atoms. The van der Waals surface area contributed by atoms with E-state index in [0.29, 0.717) is 5.92 Å². The van der Waals surface area contributed by atoms with Crippen LogP contribution in [-0.2, 0) is 12.5 Å². The third kappa shape index (κ3) is 2.54. The highest BCUT2D eigenvalue weighted by Crippen LogP contribution is 2.38. The quantitative estimate of drug-likeness (QED) is 0.857. The molecule has 1 aliphatic carbocycles. The number of hydrogen-bond acceptors (Lipinski definition) is 2. The van der Waals surface area contributed by atoms with Crippen LogP contribution in [0.1, 0.15) is 63.8 Å². The Balaban J connectivity index is 2.30. The second kappa shape index (κ2) is 4.45. The molecule has 1 fully saturated rings. The van der Waals surface area contributed by atoms with Crippen LogP contribution in [0.3, 0.4) is 0 Å². The van der Waals surface area contributed by atoms with Crippen molar-refractivity contribution in [3.63, 3.8) is 0 Å². The number of aromatic nitrogens is 2. The summed E-state index contributed by atoms with van der Waals surface area (Å²) < 4.78 is 1.83. The lowest BCUT2D eigenvalue weighted by atomic mass is 9.85. The maximum absolute atomic E-state index is 10.5. The maximum Gasteiger partial charge on any atom is 0.0851 e. The van der Waals surface area contributed by atoms with Crippen molar-refractivity contribution in [2.24, 2.45) is 13.0 Å². The summed E-state index contributed by atoms with van der Waals surface area (Å²) in [7, 11) is 1.93. The number of aliphatic hydroxyl groups excluding tert-OH is 1. The summed E-state index contributed by atoms with van der Waals surface area (Å²) >= 11 is 0. The molecule has 1 aliphatic rings. The second-order valence-electron chi connectivity index (χ2n) is 6.35. The highest BCUT2D eigenvalue weighted by molar-refractivity contribution is 5.26. The van der Waals surface area contributed by atoms with Crippen LogP contribution in [0.15, 0.2) is 6.20 Å². The average molecular weight is 236 g/mol. The minimum Gasteiger partial charge on any atom is -0.388 e. The van der Waals surface area contributed by atoms with Crippen molar-refractivity contribution in [1.82, 2.24) is 9.78 Å². The van der Waals surface area contributed by atoms with Crippen LogP contribution in [0.2, 0.25) is 0 Å². The lowest BCUT2D eigenvalue weighted by molar-refractivity contribution is 0.110. The molecule has 0 aliphatic heterocycles. The first-order valence-corrected chi connectivity index (χ1v) is 6.61. The summed E-state index contributed by atoms with van der Waals surface area (Å²) in [5.41, 5.74) is 2.07. The lowest BCUT2D eigenvalue weighted by Crippen LogP contribution is -2.18. The van der Waals surface area contributed by atoms with E-state index in [1.54, 1.807) is 0 Å². The Morgan fingerprint density at radius 1 is 1.35 bits per heavy atom. The monoisotopic (exact) mass is 236 g/mol. The summed E-state index contributed by atoms with van der Waals surface area (Å²) in [6.45, 7) is 6.46. The van der Waals surface area contributed by atoms with Gasteiger partial charge in [0.15, 0.2) is 0 Å². The van der Waals surface area contributed by atoms with Crippen LogP contribution in [0.5, 0.6) is 0 Å². The fourth-order valence-corrected chi connectivity index (χ4v) is 2.83. The van der Waals surface area contributed by atoms with Gasteiger partial charge in [-0.2, -0.15) is 5.10 Å². The molecule has 1 aromatic heterocycles. The molecule has 0 spiro atoms. The summed E-state index contributed by atoms with van der Waals surface area (Å²) in [5, 5.41) is 15.1. The first-order chi connectivity index (χ1) is 7.89. The van der Waals surface area contributed by atoms with Crippen LogP contribution < -0.4 is 0 Å². The van der Waals surface area contributed by atoms with Gasteiger partial charge >= 0.3 is 0 Å². The largest absolute Gasteiger partial charge is 0.388 e. The Kier molecular flexibility index (Phi) is 3.30. The molecular formula is C14H24N2O. The van der Waals surface area contributed by atoms with Crippen molar-refractivity contribution in [3.8, 4) is 0 Å². The fraction of sp³-hybridized carbons (Fsp3) is 0.786. The molecule has 0 aromatic carbocycles. The van der Waals surface area contributed by atoms with E-state index in [9.17, 15) is 5.11 Å². The molecule has 1 N–H and O–H groups in total. The first kappa shape index (κ1) is 12.6. The van der Waals surface area contributed by atoms with Gasteiger partial charge in [0.1, 0.15) is 0 Å². The van der Waals surface area contributed by atoms with Gasteiger partial charge in [-0.15, -0.1) is 0 Å². The molecule has 0 amide bonds. The van der Waals surface area contributed by atoms with E-state index >= 15 is 0 Å². The zero-order chi connectivity index (χ0) is 12.6. The highest BCUT2D eigenvalue weighted by atomic mass is 16.3. The van der Waals surface area contributed by atoms with Crippen molar-refractivity contribution < 1.29 is 5.11 Å². The molecule has 1 heterocycles. The molecular weight excluding hydrogens is 212 g/mol. The summed E-state index contributed by atoms with van der Waals surface area (Å²) in [6, 6.07) is 0. The minimum absolute atomic E-state index is 0.00379. The number of aliphatic hydroxyl groups is 1. The van der Waals surface area contributed by atoms with E-state index in [4.69, 9.17) is 0 Å². The van der Waals surface area contributed by atoms with Crippen LogP contribution in [0.4, 0.5) is 0 Å². The fourth-order valence-electron chi connectivity index (χ4n) is 2.83. The van der Waals surface area contributed by atoms with Crippen molar-refractivity contribution in [1.29, 1.82) is 0 Å². The number of rotatable bonds is 2. The zero-order valence-electron chi connectivity index (χ0n) is 11.4. The molecule has 1 unspecified atom stereocenters. The SMILES string of the molecule is Cn1cc(C(O)C2CCCC2)c(C(C)(C)C)n1. The molecule has 0 saturated heterocycles. The van der Waals surface area contributed by atoms with Crippen LogP contribution >= 0.6 is 0 Å². The standard InChI is InChI=1S/C14H24N2O/c1-14(2,3)13-11(9-16(4)15-13)12(17)10-7-5-6-8-10/h9-10,12,17H,5-8H2,1-4H3. The van der Waals surface area contributed by atoms with Crippen molar-refractivity contribution in [2.45, 2.75) is 58.0 Å². The predicted molar refractivity (Wildman–Crippen MR) is 68.8 cm³/mol. The van der Waals surface area contributed by atoms with Crippen molar-refractivity contribution in [2.75, 3.05) is 0 Å². The van der Waals surface area contributed by atoms with E-state index in [2.05, 4.69) is 25.9 Å². The van der Waals surface area contributed by atoms with Gasteiger partial charge in [0, 0.05) is 24.2 Å². The summed E-state index contributed by atoms with van der Waals surface area (Å²) in [4.78, 5) is 0. The number of hydrogen-bond donors (Lipinski definition) is 1. The normalized spacial score (nSPS) is 19.8. The van der Waals surface area contributed by atoms with Gasteiger partial charge in [-0.3, -0.25) is 4.68 Å². The van der Waals surface area contributed by atoms with Crippen LogP contribution in [0, 0.1) is 5.92 Å². The zero-order valence-corrected chi connectivity index (χ0v) is 11.4. The molecule has 2 rings (SSSR count). The minimum atomic E-state index is -0.333. The van der Waals surface area contributed by atoms with Gasteiger partial charge in [-0.1, -0.05) is 33.6 Å². The van der Waals surface area contributed by atoms with E-state index in [1.165, 1.54) is 12.8 Å². The van der Waals surface area contributed by atoms with Gasteiger partial charge in [0.25, 0.3) is 0 Å².